The fraction of sp³-hybridized carbons (Fsp3) is 0.474. The maximum atomic E-state index is 12.3. The van der Waals surface area contributed by atoms with E-state index in [2.05, 4.69) is 22.3 Å². The molecule has 3 amide bonds. The quantitative estimate of drug-likeness (QED) is 0.682. The molecule has 0 bridgehead atoms. The molecule has 0 radical (unpaired) electrons. The summed E-state index contributed by atoms with van der Waals surface area (Å²) < 4.78 is 0. The smallest absolute Gasteiger partial charge is 0.329 e. The van der Waals surface area contributed by atoms with Gasteiger partial charge in [0.15, 0.2) is 0 Å². The lowest BCUT2D eigenvalue weighted by Gasteiger charge is -2.29. The lowest BCUT2D eigenvalue weighted by atomic mass is 10.0. The lowest BCUT2D eigenvalue weighted by Crippen LogP contribution is -2.31. The van der Waals surface area contributed by atoms with E-state index in [-0.39, 0.29) is 11.9 Å². The van der Waals surface area contributed by atoms with Crippen LogP contribution in [-0.4, -0.2) is 36.5 Å². The molecule has 24 heavy (non-hydrogen) atoms. The zero-order chi connectivity index (χ0) is 17.1. The predicted molar refractivity (Wildman–Crippen MR) is 95.8 cm³/mol. The number of anilines is 1. The minimum Gasteiger partial charge on any atom is -0.372 e. The highest BCUT2D eigenvalue weighted by atomic mass is 16.2. The summed E-state index contributed by atoms with van der Waals surface area (Å²) in [4.78, 5) is 27.9. The van der Waals surface area contributed by atoms with Crippen molar-refractivity contribution in [1.82, 2.24) is 10.2 Å². The van der Waals surface area contributed by atoms with Crippen molar-refractivity contribution in [3.63, 3.8) is 0 Å². The molecule has 1 aromatic rings. The van der Waals surface area contributed by atoms with Crippen LogP contribution in [0.4, 0.5) is 10.5 Å². The van der Waals surface area contributed by atoms with Gasteiger partial charge in [0.2, 0.25) is 0 Å². The summed E-state index contributed by atoms with van der Waals surface area (Å²) in [5, 5.41) is 2.68. The van der Waals surface area contributed by atoms with Gasteiger partial charge in [-0.3, -0.25) is 9.69 Å². The Labute approximate surface area is 143 Å². The molecule has 0 spiro atoms. The number of imide groups is 1. The molecule has 2 heterocycles. The Balaban J connectivity index is 1.80. The first-order chi connectivity index (χ1) is 11.6. The average molecular weight is 327 g/mol. The summed E-state index contributed by atoms with van der Waals surface area (Å²) >= 11 is 0. The van der Waals surface area contributed by atoms with Crippen molar-refractivity contribution >= 4 is 23.7 Å². The van der Waals surface area contributed by atoms with Gasteiger partial charge in [0, 0.05) is 25.3 Å². The van der Waals surface area contributed by atoms with Crippen LogP contribution in [-0.2, 0) is 4.79 Å². The largest absolute Gasteiger partial charge is 0.372 e. The maximum absolute atomic E-state index is 12.3. The number of nitrogens with zero attached hydrogens (tertiary/aromatic N) is 2. The molecule has 2 aliphatic rings. The average Bonchev–Trinajstić information content (AvgIpc) is 2.85. The third-order valence-electron chi connectivity index (χ3n) is 4.68. The van der Waals surface area contributed by atoms with Crippen LogP contribution in [0.1, 0.15) is 43.7 Å². The molecule has 0 atom stereocenters. The fourth-order valence-electron chi connectivity index (χ4n) is 3.32. The second-order valence-electron chi connectivity index (χ2n) is 6.53. The standard InChI is InChI=1S/C19H25N3O2/c1-3-9-22-18(23)17(20-19(22)24)13-15-7-8-16(12-14(15)2)21-10-5-4-6-11-21/h7-8,12-13H,3-6,9-11H2,1-2H3,(H,20,24)/b17-13+. The summed E-state index contributed by atoms with van der Waals surface area (Å²) in [5.74, 6) is -0.235. The van der Waals surface area contributed by atoms with Crippen LogP contribution >= 0.6 is 0 Å². The van der Waals surface area contributed by atoms with Crippen LogP contribution in [0.3, 0.4) is 0 Å². The molecule has 5 heteroatoms. The lowest BCUT2D eigenvalue weighted by molar-refractivity contribution is -0.122. The first kappa shape index (κ1) is 16.6. The second kappa shape index (κ2) is 7.07. The number of benzene rings is 1. The molecule has 0 unspecified atom stereocenters. The first-order valence-electron chi connectivity index (χ1n) is 8.80. The normalized spacial score (nSPS) is 20.0. The number of aryl methyl sites for hydroxylation is 1. The van der Waals surface area contributed by atoms with E-state index in [0.717, 1.165) is 30.6 Å². The molecule has 3 rings (SSSR count). The van der Waals surface area contributed by atoms with Crippen LogP contribution in [0, 0.1) is 6.92 Å². The monoisotopic (exact) mass is 327 g/mol. The van der Waals surface area contributed by atoms with Gasteiger partial charge in [-0.25, -0.2) is 4.79 Å². The first-order valence-corrected chi connectivity index (χ1v) is 8.80. The van der Waals surface area contributed by atoms with Crippen molar-refractivity contribution in [3.05, 3.63) is 35.0 Å². The molecule has 0 aromatic heterocycles. The third-order valence-corrected chi connectivity index (χ3v) is 4.68. The van der Waals surface area contributed by atoms with Gasteiger partial charge in [0.25, 0.3) is 5.91 Å². The van der Waals surface area contributed by atoms with Crippen molar-refractivity contribution in [2.75, 3.05) is 24.5 Å². The Morgan fingerprint density at radius 2 is 1.92 bits per heavy atom. The number of hydrogen-bond acceptors (Lipinski definition) is 3. The van der Waals surface area contributed by atoms with E-state index in [9.17, 15) is 9.59 Å². The Morgan fingerprint density at radius 1 is 1.17 bits per heavy atom. The number of hydrogen-bond donors (Lipinski definition) is 1. The Kier molecular flexibility index (Phi) is 4.88. The fourth-order valence-corrected chi connectivity index (χ4v) is 3.32. The van der Waals surface area contributed by atoms with Crippen molar-refractivity contribution in [2.24, 2.45) is 0 Å². The van der Waals surface area contributed by atoms with Gasteiger partial charge >= 0.3 is 6.03 Å². The molecule has 0 saturated carbocycles. The highest BCUT2D eigenvalue weighted by molar-refractivity contribution is 6.14. The topological polar surface area (TPSA) is 52.7 Å². The number of nitrogens with one attached hydrogen (secondary N) is 1. The van der Waals surface area contributed by atoms with E-state index in [1.807, 2.05) is 19.9 Å². The minimum atomic E-state index is -0.323. The molecule has 1 aromatic carbocycles. The summed E-state index contributed by atoms with van der Waals surface area (Å²) in [6, 6.07) is 5.99. The van der Waals surface area contributed by atoms with Crippen LogP contribution in [0.5, 0.6) is 0 Å². The van der Waals surface area contributed by atoms with Gasteiger partial charge in [-0.1, -0.05) is 13.0 Å². The highest BCUT2D eigenvalue weighted by Gasteiger charge is 2.32. The third kappa shape index (κ3) is 3.30. The number of piperidine rings is 1. The van der Waals surface area contributed by atoms with Gasteiger partial charge in [-0.2, -0.15) is 0 Å². The Morgan fingerprint density at radius 3 is 2.58 bits per heavy atom. The number of carbonyl (C=O) groups excluding carboxylic acids is 2. The van der Waals surface area contributed by atoms with Gasteiger partial charge in [-0.05, 0) is 61.9 Å². The maximum Gasteiger partial charge on any atom is 0.329 e. The molecule has 2 saturated heterocycles. The van der Waals surface area contributed by atoms with Crippen molar-refractivity contribution in [3.8, 4) is 0 Å². The van der Waals surface area contributed by atoms with E-state index in [4.69, 9.17) is 0 Å². The SMILES string of the molecule is CCCN1C(=O)N/C(=C/c2ccc(N3CCCCC3)cc2C)C1=O. The van der Waals surface area contributed by atoms with Crippen LogP contribution < -0.4 is 10.2 Å². The summed E-state index contributed by atoms with van der Waals surface area (Å²) in [7, 11) is 0. The van der Waals surface area contributed by atoms with Crippen molar-refractivity contribution < 1.29 is 9.59 Å². The second-order valence-corrected chi connectivity index (χ2v) is 6.53. The molecule has 5 nitrogen and oxygen atoms in total. The van der Waals surface area contributed by atoms with Gasteiger partial charge < -0.3 is 10.2 Å². The van der Waals surface area contributed by atoms with Crippen LogP contribution in [0.25, 0.3) is 6.08 Å². The Hall–Kier alpha value is -2.30. The van der Waals surface area contributed by atoms with Gasteiger partial charge in [-0.15, -0.1) is 0 Å². The number of urea groups is 1. The number of carbonyl (C=O) groups is 2. The predicted octanol–water partition coefficient (Wildman–Crippen LogP) is 3.29. The summed E-state index contributed by atoms with van der Waals surface area (Å²) in [5.41, 5.74) is 3.69. The van der Waals surface area contributed by atoms with Crippen molar-refractivity contribution in [1.29, 1.82) is 0 Å². The van der Waals surface area contributed by atoms with E-state index in [1.165, 1.54) is 29.8 Å². The molecular formula is C19H25N3O2. The molecule has 128 valence electrons. The van der Waals surface area contributed by atoms with E-state index in [0.29, 0.717) is 12.2 Å². The minimum absolute atomic E-state index is 0.235. The Bertz CT molecular complexity index is 675. The number of rotatable bonds is 4. The molecule has 1 N–H and O–H groups in total. The van der Waals surface area contributed by atoms with Crippen molar-refractivity contribution in [2.45, 2.75) is 39.5 Å². The molecular weight excluding hydrogens is 302 g/mol. The zero-order valence-corrected chi connectivity index (χ0v) is 14.5. The van der Waals surface area contributed by atoms with E-state index < -0.39 is 0 Å². The van der Waals surface area contributed by atoms with Crippen LogP contribution in [0.2, 0.25) is 0 Å². The van der Waals surface area contributed by atoms with E-state index in [1.54, 1.807) is 6.08 Å². The highest BCUT2D eigenvalue weighted by Crippen LogP contribution is 2.24. The molecule has 0 aliphatic carbocycles. The molecule has 2 aliphatic heterocycles. The van der Waals surface area contributed by atoms with Gasteiger partial charge in [0.05, 0.1) is 0 Å². The summed E-state index contributed by atoms with van der Waals surface area (Å²) in [6.45, 7) is 6.67. The van der Waals surface area contributed by atoms with Gasteiger partial charge in [0.1, 0.15) is 5.70 Å². The zero-order valence-electron chi connectivity index (χ0n) is 14.5. The molecule has 2 fully saturated rings. The summed E-state index contributed by atoms with van der Waals surface area (Å²) in [6.07, 6.45) is 6.36. The van der Waals surface area contributed by atoms with Crippen LogP contribution in [0.15, 0.2) is 23.9 Å². The number of amides is 3. The van der Waals surface area contributed by atoms with E-state index >= 15 is 0 Å².